The lowest BCUT2D eigenvalue weighted by Gasteiger charge is -2.01. The summed E-state index contributed by atoms with van der Waals surface area (Å²) in [4.78, 5) is 12.4. The highest BCUT2D eigenvalue weighted by molar-refractivity contribution is 7.90. The van der Waals surface area contributed by atoms with Crippen LogP contribution in [0.1, 0.15) is 21.1 Å². The summed E-state index contributed by atoms with van der Waals surface area (Å²) in [6, 6.07) is 12.3. The number of amides is 1. The fourth-order valence-electron chi connectivity index (χ4n) is 2.10. The van der Waals surface area contributed by atoms with Crippen molar-refractivity contribution in [1.29, 1.82) is 0 Å². The second-order valence-electron chi connectivity index (χ2n) is 5.19. The number of rotatable bonds is 7. The molecule has 0 aliphatic heterocycles. The number of aromatic nitrogens is 2. The molecule has 1 aromatic carbocycles. The minimum atomic E-state index is -3.70. The number of nitrogens with one attached hydrogen (secondary N) is 1. The molecule has 9 heteroatoms. The van der Waals surface area contributed by atoms with Crippen molar-refractivity contribution in [3.63, 3.8) is 0 Å². The van der Waals surface area contributed by atoms with Gasteiger partial charge in [0.1, 0.15) is 0 Å². The molecule has 2 heterocycles. The normalized spacial score (nSPS) is 11.4. The van der Waals surface area contributed by atoms with Crippen LogP contribution in [-0.2, 0) is 22.0 Å². The van der Waals surface area contributed by atoms with E-state index in [9.17, 15) is 13.2 Å². The lowest BCUT2D eigenvalue weighted by Crippen LogP contribution is -2.24. The van der Waals surface area contributed by atoms with E-state index in [0.717, 1.165) is 0 Å². The second kappa shape index (κ2) is 7.58. The molecular formula is C16H15N3O4S2. The summed E-state index contributed by atoms with van der Waals surface area (Å²) in [5.74, 6) is -0.227. The van der Waals surface area contributed by atoms with Gasteiger partial charge in [-0.1, -0.05) is 41.5 Å². The van der Waals surface area contributed by atoms with Crippen molar-refractivity contribution in [1.82, 2.24) is 15.5 Å². The van der Waals surface area contributed by atoms with Crippen LogP contribution >= 0.6 is 11.3 Å². The van der Waals surface area contributed by atoms with Gasteiger partial charge in [-0.05, 0) is 17.0 Å². The van der Waals surface area contributed by atoms with E-state index in [0.29, 0.717) is 10.4 Å². The van der Waals surface area contributed by atoms with E-state index < -0.39 is 15.1 Å². The van der Waals surface area contributed by atoms with E-state index in [1.54, 1.807) is 36.4 Å². The Kier molecular flexibility index (Phi) is 5.25. The Morgan fingerprint density at radius 2 is 1.92 bits per heavy atom. The molecule has 0 aliphatic carbocycles. The molecule has 2 aromatic heterocycles. The molecule has 25 heavy (non-hydrogen) atoms. The third-order valence-electron chi connectivity index (χ3n) is 3.28. The van der Waals surface area contributed by atoms with Crippen LogP contribution in [-0.4, -0.2) is 31.1 Å². The van der Waals surface area contributed by atoms with Crippen molar-refractivity contribution >= 4 is 27.1 Å². The van der Waals surface area contributed by atoms with E-state index in [-0.39, 0.29) is 30.5 Å². The van der Waals surface area contributed by atoms with Crippen LogP contribution in [0.5, 0.6) is 0 Å². The van der Waals surface area contributed by atoms with Gasteiger partial charge in [0, 0.05) is 13.0 Å². The van der Waals surface area contributed by atoms with Crippen LogP contribution in [0.15, 0.2) is 57.5 Å². The van der Waals surface area contributed by atoms with Crippen LogP contribution in [0, 0.1) is 0 Å². The van der Waals surface area contributed by atoms with Crippen molar-refractivity contribution in [3.05, 3.63) is 64.2 Å². The van der Waals surface area contributed by atoms with Crippen molar-refractivity contribution < 1.29 is 17.6 Å². The first kappa shape index (κ1) is 17.3. The molecule has 0 bridgehead atoms. The molecule has 0 atom stereocenters. The smallest absolute Gasteiger partial charge is 0.335 e. The van der Waals surface area contributed by atoms with E-state index in [2.05, 4.69) is 15.5 Å². The lowest BCUT2D eigenvalue weighted by atomic mass is 10.2. The zero-order chi connectivity index (χ0) is 17.7. The quantitative estimate of drug-likeness (QED) is 0.676. The van der Waals surface area contributed by atoms with Gasteiger partial charge >= 0.3 is 5.22 Å². The van der Waals surface area contributed by atoms with Crippen LogP contribution < -0.4 is 5.32 Å². The average molecular weight is 377 g/mol. The summed E-state index contributed by atoms with van der Waals surface area (Å²) in [7, 11) is -3.70. The fraction of sp³-hybridized carbons (Fsp3) is 0.188. The molecule has 0 saturated carbocycles. The van der Waals surface area contributed by atoms with Crippen LogP contribution in [0.4, 0.5) is 0 Å². The van der Waals surface area contributed by atoms with Gasteiger partial charge < -0.3 is 9.73 Å². The van der Waals surface area contributed by atoms with Crippen molar-refractivity contribution in [2.24, 2.45) is 0 Å². The van der Waals surface area contributed by atoms with Gasteiger partial charge in [-0.3, -0.25) is 4.79 Å². The predicted octanol–water partition coefficient (Wildman–Crippen LogP) is 2.08. The maximum Gasteiger partial charge on any atom is 0.335 e. The molecule has 0 saturated heterocycles. The first-order valence-electron chi connectivity index (χ1n) is 7.45. The van der Waals surface area contributed by atoms with E-state index in [4.69, 9.17) is 4.42 Å². The molecule has 0 radical (unpaired) electrons. The highest BCUT2D eigenvalue weighted by Crippen LogP contribution is 2.15. The van der Waals surface area contributed by atoms with Crippen LogP contribution in [0.2, 0.25) is 0 Å². The third kappa shape index (κ3) is 4.52. The summed E-state index contributed by atoms with van der Waals surface area (Å²) in [6.45, 7) is 0.275. The number of hydrogen-bond acceptors (Lipinski definition) is 7. The SMILES string of the molecule is O=C(NCCc1nnc(S(=O)(=O)Cc2ccccc2)o1)c1cccs1. The number of sulfone groups is 1. The monoisotopic (exact) mass is 377 g/mol. The van der Waals surface area contributed by atoms with Crippen molar-refractivity contribution in [2.75, 3.05) is 6.54 Å². The number of carbonyl (C=O) groups excluding carboxylic acids is 1. The largest absolute Gasteiger partial charge is 0.412 e. The van der Waals surface area contributed by atoms with Gasteiger partial charge in [-0.2, -0.15) is 0 Å². The zero-order valence-corrected chi connectivity index (χ0v) is 14.7. The Hall–Kier alpha value is -2.52. The standard InChI is InChI=1S/C16H15N3O4S2/c20-15(13-7-4-10-24-13)17-9-8-14-18-19-16(23-14)25(21,22)11-12-5-2-1-3-6-12/h1-7,10H,8-9,11H2,(H,17,20). The topological polar surface area (TPSA) is 102 Å². The van der Waals surface area contributed by atoms with Gasteiger partial charge in [0.15, 0.2) is 0 Å². The summed E-state index contributed by atoms with van der Waals surface area (Å²) in [6.07, 6.45) is 0.255. The molecule has 0 fully saturated rings. The Balaban J connectivity index is 1.57. The molecule has 7 nitrogen and oxygen atoms in total. The molecule has 130 valence electrons. The van der Waals surface area contributed by atoms with Gasteiger partial charge in [-0.25, -0.2) is 8.42 Å². The molecule has 0 spiro atoms. The summed E-state index contributed by atoms with van der Waals surface area (Å²) in [5, 5.41) is 11.5. The Bertz CT molecular complexity index is 935. The first-order chi connectivity index (χ1) is 12.0. The van der Waals surface area contributed by atoms with Crippen molar-refractivity contribution in [3.8, 4) is 0 Å². The second-order valence-corrected chi connectivity index (χ2v) is 8.00. The third-order valence-corrected chi connectivity index (χ3v) is 5.56. The Morgan fingerprint density at radius 3 is 2.64 bits per heavy atom. The zero-order valence-electron chi connectivity index (χ0n) is 13.1. The average Bonchev–Trinajstić information content (AvgIpc) is 3.27. The minimum Gasteiger partial charge on any atom is -0.412 e. The molecule has 1 amide bonds. The molecule has 0 unspecified atom stereocenters. The van der Waals surface area contributed by atoms with Gasteiger partial charge in [0.25, 0.3) is 5.91 Å². The number of nitrogens with zero attached hydrogens (tertiary/aromatic N) is 2. The summed E-state index contributed by atoms with van der Waals surface area (Å²) >= 11 is 1.34. The molecular weight excluding hydrogens is 362 g/mol. The van der Waals surface area contributed by atoms with Crippen molar-refractivity contribution in [2.45, 2.75) is 17.4 Å². The summed E-state index contributed by atoms with van der Waals surface area (Å²) < 4.78 is 29.8. The molecule has 0 aliphatic rings. The lowest BCUT2D eigenvalue weighted by molar-refractivity contribution is 0.0957. The van der Waals surface area contributed by atoms with Gasteiger partial charge in [-0.15, -0.1) is 16.4 Å². The van der Waals surface area contributed by atoms with Crippen LogP contribution in [0.3, 0.4) is 0 Å². The summed E-state index contributed by atoms with van der Waals surface area (Å²) in [5.41, 5.74) is 0.644. The number of carbonyl (C=O) groups is 1. The Labute approximate surface area is 148 Å². The predicted molar refractivity (Wildman–Crippen MR) is 92.0 cm³/mol. The van der Waals surface area contributed by atoms with Gasteiger partial charge in [0.2, 0.25) is 15.7 Å². The Morgan fingerprint density at radius 1 is 1.12 bits per heavy atom. The number of thiophene rings is 1. The first-order valence-corrected chi connectivity index (χ1v) is 9.98. The maximum absolute atomic E-state index is 12.3. The number of benzene rings is 1. The van der Waals surface area contributed by atoms with Crippen LogP contribution in [0.25, 0.3) is 0 Å². The fourth-order valence-corrected chi connectivity index (χ4v) is 3.88. The highest BCUT2D eigenvalue weighted by atomic mass is 32.2. The minimum absolute atomic E-state index is 0.165. The van der Waals surface area contributed by atoms with E-state index >= 15 is 0 Å². The molecule has 3 rings (SSSR count). The maximum atomic E-state index is 12.3. The van der Waals surface area contributed by atoms with Gasteiger partial charge in [0.05, 0.1) is 10.6 Å². The molecule has 3 aromatic rings. The molecule has 1 N–H and O–H groups in total. The highest BCUT2D eigenvalue weighted by Gasteiger charge is 2.23. The van der Waals surface area contributed by atoms with E-state index in [1.807, 2.05) is 11.4 Å². The number of hydrogen-bond donors (Lipinski definition) is 1. The van der Waals surface area contributed by atoms with E-state index in [1.165, 1.54) is 11.3 Å².